The van der Waals surface area contributed by atoms with Gasteiger partial charge in [-0.3, -0.25) is 4.99 Å². The molecule has 5 heteroatoms. The van der Waals surface area contributed by atoms with Crippen molar-refractivity contribution in [3.8, 4) is 5.75 Å². The fourth-order valence-electron chi connectivity index (χ4n) is 3.27. The van der Waals surface area contributed by atoms with Crippen LogP contribution in [-0.4, -0.2) is 63.1 Å². The minimum atomic E-state index is 0.701. The van der Waals surface area contributed by atoms with Gasteiger partial charge in [0, 0.05) is 33.7 Å². The smallest absolute Gasteiger partial charge is 0.193 e. The fourth-order valence-corrected chi connectivity index (χ4v) is 3.27. The molecule has 2 rings (SSSR count). The van der Waals surface area contributed by atoms with E-state index < -0.39 is 0 Å². The predicted octanol–water partition coefficient (Wildman–Crippen LogP) is 2.43. The number of hydrogen-bond donors (Lipinski definition) is 1. The first-order valence-electron chi connectivity index (χ1n) is 8.94. The Bertz CT molecular complexity index is 515. The van der Waals surface area contributed by atoms with Gasteiger partial charge in [0.1, 0.15) is 5.75 Å². The lowest BCUT2D eigenvalue weighted by Crippen LogP contribution is -2.44. The molecular formula is C19H32N4O. The molecule has 1 aromatic carbocycles. The second kappa shape index (κ2) is 9.52. The van der Waals surface area contributed by atoms with Crippen LogP contribution in [0.15, 0.2) is 29.3 Å². The van der Waals surface area contributed by atoms with Gasteiger partial charge in [-0.1, -0.05) is 12.1 Å². The third kappa shape index (κ3) is 5.71. The van der Waals surface area contributed by atoms with Crippen molar-refractivity contribution in [3.05, 3.63) is 29.8 Å². The molecule has 1 aliphatic rings. The third-order valence-corrected chi connectivity index (χ3v) is 4.50. The SMILES string of the molecule is CCOc1ccc(CN(C)C(=NC)NCC2CCCN(C)C2)cc1. The lowest BCUT2D eigenvalue weighted by Gasteiger charge is -2.31. The van der Waals surface area contributed by atoms with E-state index in [1.807, 2.05) is 26.1 Å². The Balaban J connectivity index is 1.83. The van der Waals surface area contributed by atoms with E-state index in [-0.39, 0.29) is 0 Å². The van der Waals surface area contributed by atoms with Gasteiger partial charge in [-0.05, 0) is 57.0 Å². The van der Waals surface area contributed by atoms with Crippen molar-refractivity contribution in [3.63, 3.8) is 0 Å². The maximum Gasteiger partial charge on any atom is 0.193 e. The van der Waals surface area contributed by atoms with Crippen molar-refractivity contribution in [2.24, 2.45) is 10.9 Å². The monoisotopic (exact) mass is 332 g/mol. The number of nitrogens with zero attached hydrogens (tertiary/aromatic N) is 3. The average molecular weight is 332 g/mol. The lowest BCUT2D eigenvalue weighted by molar-refractivity contribution is 0.209. The number of aliphatic imine (C=N–C) groups is 1. The van der Waals surface area contributed by atoms with Crippen LogP contribution < -0.4 is 10.1 Å². The molecule has 1 N–H and O–H groups in total. The van der Waals surface area contributed by atoms with Gasteiger partial charge in [0.25, 0.3) is 0 Å². The van der Waals surface area contributed by atoms with Crippen LogP contribution in [0.3, 0.4) is 0 Å². The number of benzene rings is 1. The fraction of sp³-hybridized carbons (Fsp3) is 0.632. The molecule has 0 aliphatic carbocycles. The summed E-state index contributed by atoms with van der Waals surface area (Å²) in [5.74, 6) is 2.59. The highest BCUT2D eigenvalue weighted by atomic mass is 16.5. The molecule has 1 fully saturated rings. The molecule has 0 radical (unpaired) electrons. The highest BCUT2D eigenvalue weighted by Crippen LogP contribution is 2.15. The van der Waals surface area contributed by atoms with E-state index in [1.54, 1.807) is 0 Å². The molecule has 1 aliphatic heterocycles. The Morgan fingerprint density at radius 1 is 1.38 bits per heavy atom. The highest BCUT2D eigenvalue weighted by Gasteiger charge is 2.18. The Hall–Kier alpha value is -1.75. The van der Waals surface area contributed by atoms with E-state index in [1.165, 1.54) is 31.5 Å². The van der Waals surface area contributed by atoms with Crippen LogP contribution in [0.2, 0.25) is 0 Å². The van der Waals surface area contributed by atoms with Gasteiger partial charge in [-0.2, -0.15) is 0 Å². The summed E-state index contributed by atoms with van der Waals surface area (Å²) in [6, 6.07) is 8.29. The minimum absolute atomic E-state index is 0.701. The van der Waals surface area contributed by atoms with Crippen LogP contribution in [0.1, 0.15) is 25.3 Å². The highest BCUT2D eigenvalue weighted by molar-refractivity contribution is 5.79. The van der Waals surface area contributed by atoms with Crippen molar-refractivity contribution in [1.29, 1.82) is 0 Å². The Kier molecular flexibility index (Phi) is 7.37. The van der Waals surface area contributed by atoms with E-state index >= 15 is 0 Å². The zero-order valence-electron chi connectivity index (χ0n) is 15.6. The summed E-state index contributed by atoms with van der Waals surface area (Å²) in [6.45, 7) is 6.92. The van der Waals surface area contributed by atoms with E-state index in [0.717, 1.165) is 24.8 Å². The lowest BCUT2D eigenvalue weighted by atomic mass is 9.98. The molecule has 0 aromatic heterocycles. The quantitative estimate of drug-likeness (QED) is 0.642. The average Bonchev–Trinajstić information content (AvgIpc) is 2.57. The van der Waals surface area contributed by atoms with Gasteiger partial charge in [-0.15, -0.1) is 0 Å². The van der Waals surface area contributed by atoms with Crippen LogP contribution in [0.25, 0.3) is 0 Å². The van der Waals surface area contributed by atoms with Gasteiger partial charge in [0.2, 0.25) is 0 Å². The summed E-state index contributed by atoms with van der Waals surface area (Å²) in [4.78, 5) is 9.02. The van der Waals surface area contributed by atoms with Crippen LogP contribution >= 0.6 is 0 Å². The van der Waals surface area contributed by atoms with Gasteiger partial charge in [-0.25, -0.2) is 0 Å². The third-order valence-electron chi connectivity index (χ3n) is 4.50. The summed E-state index contributed by atoms with van der Waals surface area (Å²) < 4.78 is 5.50. The standard InChI is InChI=1S/C19H32N4O/c1-5-24-18-10-8-16(9-11-18)15-23(4)19(20-2)21-13-17-7-6-12-22(3)14-17/h8-11,17H,5-7,12-15H2,1-4H3,(H,20,21). The molecule has 1 aromatic rings. The number of rotatable bonds is 6. The molecule has 1 heterocycles. The molecule has 0 spiro atoms. The normalized spacial score (nSPS) is 19.2. The zero-order chi connectivity index (χ0) is 17.4. The van der Waals surface area contributed by atoms with Crippen molar-refractivity contribution in [2.45, 2.75) is 26.3 Å². The number of ether oxygens (including phenoxy) is 1. The Morgan fingerprint density at radius 3 is 2.75 bits per heavy atom. The van der Waals surface area contributed by atoms with E-state index in [2.05, 4.69) is 46.3 Å². The Morgan fingerprint density at radius 2 is 2.12 bits per heavy atom. The molecule has 5 nitrogen and oxygen atoms in total. The molecule has 0 amide bonds. The molecule has 0 saturated carbocycles. The number of likely N-dealkylation sites (tertiary alicyclic amines) is 1. The maximum atomic E-state index is 5.50. The summed E-state index contributed by atoms with van der Waals surface area (Å²) in [7, 11) is 6.14. The first-order chi connectivity index (χ1) is 11.6. The summed E-state index contributed by atoms with van der Waals surface area (Å²) in [5.41, 5.74) is 1.25. The molecule has 1 atom stereocenters. The van der Waals surface area contributed by atoms with Gasteiger partial charge in [0.05, 0.1) is 6.61 Å². The van der Waals surface area contributed by atoms with Crippen molar-refractivity contribution < 1.29 is 4.74 Å². The van der Waals surface area contributed by atoms with E-state index in [4.69, 9.17) is 4.74 Å². The van der Waals surface area contributed by atoms with E-state index in [0.29, 0.717) is 12.5 Å². The topological polar surface area (TPSA) is 40.1 Å². The van der Waals surface area contributed by atoms with Crippen LogP contribution in [0.4, 0.5) is 0 Å². The van der Waals surface area contributed by atoms with Crippen LogP contribution in [-0.2, 0) is 6.54 Å². The summed E-state index contributed by atoms with van der Waals surface area (Å²) >= 11 is 0. The first-order valence-corrected chi connectivity index (χ1v) is 8.94. The molecule has 1 unspecified atom stereocenters. The van der Waals surface area contributed by atoms with Gasteiger partial charge < -0.3 is 19.9 Å². The summed E-state index contributed by atoms with van der Waals surface area (Å²) in [6.07, 6.45) is 2.60. The zero-order valence-corrected chi connectivity index (χ0v) is 15.6. The van der Waals surface area contributed by atoms with Crippen LogP contribution in [0.5, 0.6) is 5.75 Å². The van der Waals surface area contributed by atoms with Crippen molar-refractivity contribution in [1.82, 2.24) is 15.1 Å². The number of piperidine rings is 1. The predicted molar refractivity (Wildman–Crippen MR) is 101 cm³/mol. The largest absolute Gasteiger partial charge is 0.494 e. The van der Waals surface area contributed by atoms with Crippen LogP contribution in [0, 0.1) is 5.92 Å². The van der Waals surface area contributed by atoms with Crippen molar-refractivity contribution >= 4 is 5.96 Å². The number of hydrogen-bond acceptors (Lipinski definition) is 3. The first kappa shape index (κ1) is 18.6. The van der Waals surface area contributed by atoms with Gasteiger partial charge in [0.15, 0.2) is 5.96 Å². The second-order valence-corrected chi connectivity index (χ2v) is 6.63. The maximum absolute atomic E-state index is 5.50. The Labute approximate surface area is 146 Å². The van der Waals surface area contributed by atoms with Crippen molar-refractivity contribution in [2.75, 3.05) is 47.4 Å². The molecule has 1 saturated heterocycles. The molecule has 134 valence electrons. The summed E-state index contributed by atoms with van der Waals surface area (Å²) in [5, 5.41) is 3.54. The van der Waals surface area contributed by atoms with E-state index in [9.17, 15) is 0 Å². The molecular weight excluding hydrogens is 300 g/mol. The number of nitrogens with one attached hydrogen (secondary N) is 1. The minimum Gasteiger partial charge on any atom is -0.494 e. The molecule has 24 heavy (non-hydrogen) atoms. The van der Waals surface area contributed by atoms with Gasteiger partial charge >= 0.3 is 0 Å². The second-order valence-electron chi connectivity index (χ2n) is 6.63. The molecule has 0 bridgehead atoms. The number of guanidine groups is 1.